The number of benzene rings is 3. The molecule has 2 amide bonds. The summed E-state index contributed by atoms with van der Waals surface area (Å²) < 4.78 is 7.89. The molecule has 3 aromatic carbocycles. The molecule has 202 valence electrons. The van der Waals surface area contributed by atoms with Gasteiger partial charge in [0.25, 0.3) is 11.8 Å². The first kappa shape index (κ1) is 25.7. The van der Waals surface area contributed by atoms with E-state index in [2.05, 4.69) is 10.2 Å². The van der Waals surface area contributed by atoms with E-state index < -0.39 is 11.8 Å². The van der Waals surface area contributed by atoms with Crippen LogP contribution in [0.4, 0.5) is 0 Å². The molecule has 6 rings (SSSR count). The van der Waals surface area contributed by atoms with Gasteiger partial charge in [0.1, 0.15) is 0 Å². The number of halogens is 1. The number of fused-ring (bicyclic) bond motifs is 5. The van der Waals surface area contributed by atoms with Crippen LogP contribution >= 0.6 is 11.6 Å². The minimum absolute atomic E-state index is 0.0443. The van der Waals surface area contributed by atoms with Crippen molar-refractivity contribution in [3.8, 4) is 22.6 Å². The van der Waals surface area contributed by atoms with Crippen molar-refractivity contribution in [2.24, 2.45) is 0 Å². The van der Waals surface area contributed by atoms with E-state index in [-0.39, 0.29) is 30.0 Å². The number of aliphatic hydroxyl groups is 1. The van der Waals surface area contributed by atoms with Crippen molar-refractivity contribution in [2.75, 3.05) is 32.8 Å². The lowest BCUT2D eigenvalue weighted by atomic mass is 9.93. The van der Waals surface area contributed by atoms with Gasteiger partial charge in [-0.25, -0.2) is 0 Å². The fraction of sp³-hybridized carbons (Fsp3) is 0.333. The number of carbonyl (C=O) groups is 2. The van der Waals surface area contributed by atoms with E-state index in [0.717, 1.165) is 26.1 Å². The number of aliphatic hydroxyl groups excluding tert-OH is 1. The highest BCUT2D eigenvalue weighted by atomic mass is 35.5. The Morgan fingerprint density at radius 2 is 1.69 bits per heavy atom. The third kappa shape index (κ3) is 4.52. The maximum absolute atomic E-state index is 13.1. The van der Waals surface area contributed by atoms with Crippen molar-refractivity contribution < 1.29 is 24.5 Å². The van der Waals surface area contributed by atoms with E-state index >= 15 is 0 Å². The summed E-state index contributed by atoms with van der Waals surface area (Å²) in [5, 5.41) is 24.9. The molecule has 1 saturated heterocycles. The number of ether oxygens (including phenoxy) is 1. The second-order valence-corrected chi connectivity index (χ2v) is 10.6. The van der Waals surface area contributed by atoms with Crippen molar-refractivity contribution in [1.82, 2.24) is 14.8 Å². The first-order valence-electron chi connectivity index (χ1n) is 13.4. The maximum Gasteiger partial charge on any atom is 0.259 e. The maximum atomic E-state index is 13.1. The van der Waals surface area contributed by atoms with Crippen LogP contribution in [0.15, 0.2) is 42.5 Å². The SMILES string of the molecule is O=C1NC(=O)c2c1c(-c1ccccc1Cl)cc1c2c2cc(O)c(OCCCN3CCCCC3)cc2n1CCO. The minimum Gasteiger partial charge on any atom is -0.504 e. The lowest BCUT2D eigenvalue weighted by Gasteiger charge is -2.26. The Bertz CT molecular complexity index is 1610. The zero-order valence-electron chi connectivity index (χ0n) is 21.5. The Kier molecular flexibility index (Phi) is 6.93. The van der Waals surface area contributed by atoms with E-state index in [0.29, 0.717) is 50.3 Å². The number of carbonyl (C=O) groups excluding carboxylic acids is 2. The van der Waals surface area contributed by atoms with E-state index in [1.165, 1.54) is 19.3 Å². The molecule has 0 unspecified atom stereocenters. The van der Waals surface area contributed by atoms with Gasteiger partial charge in [-0.2, -0.15) is 0 Å². The van der Waals surface area contributed by atoms with Crippen LogP contribution in [0.5, 0.6) is 11.5 Å². The third-order valence-electron chi connectivity index (χ3n) is 7.73. The van der Waals surface area contributed by atoms with Gasteiger partial charge in [-0.1, -0.05) is 36.2 Å². The number of hydrogen-bond donors (Lipinski definition) is 3. The highest BCUT2D eigenvalue weighted by Gasteiger charge is 2.35. The predicted molar refractivity (Wildman–Crippen MR) is 151 cm³/mol. The van der Waals surface area contributed by atoms with Crippen molar-refractivity contribution in [2.45, 2.75) is 32.2 Å². The second-order valence-electron chi connectivity index (χ2n) is 10.1. The van der Waals surface area contributed by atoms with Gasteiger partial charge in [0.15, 0.2) is 11.5 Å². The molecule has 9 heteroatoms. The molecule has 0 bridgehead atoms. The quantitative estimate of drug-likeness (QED) is 0.213. The van der Waals surface area contributed by atoms with Crippen LogP contribution in [0, 0.1) is 0 Å². The Labute approximate surface area is 230 Å². The van der Waals surface area contributed by atoms with Crippen molar-refractivity contribution >= 4 is 45.2 Å². The number of phenolic OH excluding ortho intramolecular Hbond substituents is 1. The molecule has 0 spiro atoms. The van der Waals surface area contributed by atoms with E-state index in [4.69, 9.17) is 16.3 Å². The molecule has 0 aliphatic carbocycles. The molecule has 0 radical (unpaired) electrons. The fourth-order valence-electron chi connectivity index (χ4n) is 5.96. The van der Waals surface area contributed by atoms with Crippen molar-refractivity contribution in [3.63, 3.8) is 0 Å². The Balaban J connectivity index is 1.47. The number of hydrogen-bond acceptors (Lipinski definition) is 6. The highest BCUT2D eigenvalue weighted by molar-refractivity contribution is 6.36. The average molecular weight is 548 g/mol. The summed E-state index contributed by atoms with van der Waals surface area (Å²) in [4.78, 5) is 28.5. The Hall–Kier alpha value is -3.59. The molecular weight excluding hydrogens is 518 g/mol. The Morgan fingerprint density at radius 1 is 0.923 bits per heavy atom. The normalized spacial score (nSPS) is 15.7. The molecule has 8 nitrogen and oxygen atoms in total. The average Bonchev–Trinajstić information content (AvgIpc) is 3.40. The monoisotopic (exact) mass is 547 g/mol. The van der Waals surface area contributed by atoms with Crippen LogP contribution in [0.3, 0.4) is 0 Å². The molecule has 1 aromatic heterocycles. The summed E-state index contributed by atoms with van der Waals surface area (Å²) in [6.45, 7) is 3.75. The molecule has 3 heterocycles. The second kappa shape index (κ2) is 10.5. The fourth-order valence-corrected chi connectivity index (χ4v) is 6.20. The number of nitrogens with zero attached hydrogens (tertiary/aromatic N) is 2. The number of rotatable bonds is 8. The minimum atomic E-state index is -0.505. The smallest absolute Gasteiger partial charge is 0.259 e. The van der Waals surface area contributed by atoms with E-state index in [1.807, 2.05) is 16.7 Å². The summed E-state index contributed by atoms with van der Waals surface area (Å²) in [6, 6.07) is 12.3. The predicted octanol–water partition coefficient (Wildman–Crippen LogP) is 4.95. The van der Waals surface area contributed by atoms with Crippen LogP contribution in [-0.4, -0.2) is 64.3 Å². The number of imide groups is 1. The molecule has 1 fully saturated rings. The van der Waals surface area contributed by atoms with Gasteiger partial charge in [-0.3, -0.25) is 14.9 Å². The molecule has 2 aliphatic rings. The van der Waals surface area contributed by atoms with Gasteiger partial charge in [0.2, 0.25) is 0 Å². The van der Waals surface area contributed by atoms with Gasteiger partial charge < -0.3 is 24.4 Å². The van der Waals surface area contributed by atoms with Gasteiger partial charge in [-0.15, -0.1) is 0 Å². The largest absolute Gasteiger partial charge is 0.504 e. The number of aromatic hydroxyl groups is 1. The van der Waals surface area contributed by atoms with Crippen LogP contribution in [0.1, 0.15) is 46.4 Å². The summed E-state index contributed by atoms with van der Waals surface area (Å²) in [7, 11) is 0. The van der Waals surface area contributed by atoms with E-state index in [9.17, 15) is 19.8 Å². The number of likely N-dealkylation sites (tertiary alicyclic amines) is 1. The van der Waals surface area contributed by atoms with Crippen molar-refractivity contribution in [3.05, 3.63) is 58.6 Å². The van der Waals surface area contributed by atoms with Crippen molar-refractivity contribution in [1.29, 1.82) is 0 Å². The van der Waals surface area contributed by atoms with Crippen LogP contribution < -0.4 is 10.1 Å². The zero-order chi connectivity index (χ0) is 27.1. The highest BCUT2D eigenvalue weighted by Crippen LogP contribution is 2.44. The third-order valence-corrected chi connectivity index (χ3v) is 8.06. The van der Waals surface area contributed by atoms with Crippen LogP contribution in [-0.2, 0) is 6.54 Å². The van der Waals surface area contributed by atoms with Gasteiger partial charge in [-0.05, 0) is 56.1 Å². The van der Waals surface area contributed by atoms with Gasteiger partial charge in [0.05, 0.1) is 35.4 Å². The molecule has 0 saturated carbocycles. The summed E-state index contributed by atoms with van der Waals surface area (Å²) in [5.74, 6) is -0.703. The molecule has 4 aromatic rings. The van der Waals surface area contributed by atoms with Crippen LogP contribution in [0.2, 0.25) is 5.02 Å². The zero-order valence-corrected chi connectivity index (χ0v) is 22.3. The lowest BCUT2D eigenvalue weighted by Crippen LogP contribution is -2.31. The molecular formula is C30H30ClN3O5. The number of amides is 2. The number of piperidine rings is 1. The number of phenols is 1. The van der Waals surface area contributed by atoms with Gasteiger partial charge >= 0.3 is 0 Å². The molecule has 2 aliphatic heterocycles. The molecule has 0 atom stereocenters. The lowest BCUT2D eigenvalue weighted by molar-refractivity contribution is 0.0880. The Morgan fingerprint density at radius 3 is 2.46 bits per heavy atom. The van der Waals surface area contributed by atoms with Crippen LogP contribution in [0.25, 0.3) is 32.9 Å². The van der Waals surface area contributed by atoms with E-state index in [1.54, 1.807) is 30.3 Å². The summed E-state index contributed by atoms with van der Waals surface area (Å²) in [5.41, 5.74) is 2.99. The number of nitrogens with one attached hydrogen (secondary N) is 1. The topological polar surface area (TPSA) is 104 Å². The number of aromatic nitrogens is 1. The molecule has 3 N–H and O–H groups in total. The van der Waals surface area contributed by atoms with Gasteiger partial charge in [0, 0.05) is 40.5 Å². The summed E-state index contributed by atoms with van der Waals surface area (Å²) >= 11 is 6.51. The first-order valence-corrected chi connectivity index (χ1v) is 13.8. The standard InChI is InChI=1S/C30H30ClN3O5/c31-21-8-3-2-7-18(21)19-15-23-26(28-27(19)29(37)32-30(28)38)20-16-24(36)25(17-22(20)34(23)12-13-35)39-14-6-11-33-9-4-1-5-10-33/h2-3,7-8,15-17,35-36H,1,4-6,9-14H2,(H,32,37,38). The first-order chi connectivity index (χ1) is 19.0. The molecule has 39 heavy (non-hydrogen) atoms. The summed E-state index contributed by atoms with van der Waals surface area (Å²) in [6.07, 6.45) is 4.61.